The van der Waals surface area contributed by atoms with Crippen molar-refractivity contribution in [2.45, 2.75) is 13.0 Å². The SMILES string of the molecule is CCOC(=O)Nc1nc2c(OC)ccc(C3COCCO3)c2s1. The van der Waals surface area contributed by atoms with Crippen LogP contribution in [0.3, 0.4) is 0 Å². The first kappa shape index (κ1) is 16.0. The summed E-state index contributed by atoms with van der Waals surface area (Å²) in [5.74, 6) is 0.647. The predicted molar refractivity (Wildman–Crippen MR) is 86.3 cm³/mol. The normalized spacial score (nSPS) is 17.9. The monoisotopic (exact) mass is 338 g/mol. The molecule has 1 atom stereocenters. The van der Waals surface area contributed by atoms with Crippen molar-refractivity contribution in [3.8, 4) is 5.75 Å². The first-order valence-electron chi connectivity index (χ1n) is 7.33. The van der Waals surface area contributed by atoms with Gasteiger partial charge in [0.15, 0.2) is 5.13 Å². The van der Waals surface area contributed by atoms with Crippen molar-refractivity contribution in [1.82, 2.24) is 4.98 Å². The Balaban J connectivity index is 1.97. The van der Waals surface area contributed by atoms with E-state index in [2.05, 4.69) is 10.3 Å². The van der Waals surface area contributed by atoms with Gasteiger partial charge in [0, 0.05) is 5.56 Å². The molecule has 1 amide bonds. The van der Waals surface area contributed by atoms with Gasteiger partial charge in [-0.15, -0.1) is 0 Å². The van der Waals surface area contributed by atoms with Crippen LogP contribution in [0.5, 0.6) is 5.75 Å². The van der Waals surface area contributed by atoms with E-state index in [0.717, 1.165) is 10.3 Å². The zero-order chi connectivity index (χ0) is 16.2. The lowest BCUT2D eigenvalue weighted by atomic mass is 10.1. The van der Waals surface area contributed by atoms with Crippen molar-refractivity contribution in [2.24, 2.45) is 0 Å². The smallest absolute Gasteiger partial charge is 0.413 e. The first-order valence-corrected chi connectivity index (χ1v) is 8.15. The lowest BCUT2D eigenvalue weighted by Crippen LogP contribution is -2.21. The number of thiazole rings is 1. The third-order valence-corrected chi connectivity index (χ3v) is 4.42. The molecular weight excluding hydrogens is 320 g/mol. The van der Waals surface area contributed by atoms with Crippen LogP contribution in [-0.4, -0.2) is 44.6 Å². The van der Waals surface area contributed by atoms with Gasteiger partial charge in [-0.1, -0.05) is 17.4 Å². The number of fused-ring (bicyclic) bond motifs is 1. The summed E-state index contributed by atoms with van der Waals surface area (Å²) in [5, 5.41) is 3.09. The lowest BCUT2D eigenvalue weighted by Gasteiger charge is -2.23. The molecule has 0 saturated carbocycles. The predicted octanol–water partition coefficient (Wildman–Crippen LogP) is 2.96. The van der Waals surface area contributed by atoms with Crippen LogP contribution in [0.25, 0.3) is 10.2 Å². The van der Waals surface area contributed by atoms with Crippen molar-refractivity contribution >= 4 is 32.8 Å². The third-order valence-electron chi connectivity index (χ3n) is 3.40. The number of nitrogens with zero attached hydrogens (tertiary/aromatic N) is 1. The molecular formula is C15H18N2O5S. The molecule has 0 aliphatic carbocycles. The van der Waals surface area contributed by atoms with E-state index in [4.69, 9.17) is 18.9 Å². The van der Waals surface area contributed by atoms with Crippen LogP contribution in [0.15, 0.2) is 12.1 Å². The van der Waals surface area contributed by atoms with Gasteiger partial charge in [0.1, 0.15) is 17.4 Å². The summed E-state index contributed by atoms with van der Waals surface area (Å²) in [7, 11) is 1.59. The number of hydrogen-bond donors (Lipinski definition) is 1. The van der Waals surface area contributed by atoms with Crippen LogP contribution >= 0.6 is 11.3 Å². The number of carbonyl (C=O) groups excluding carboxylic acids is 1. The molecule has 3 rings (SSSR count). The lowest BCUT2D eigenvalue weighted by molar-refractivity contribution is -0.0895. The van der Waals surface area contributed by atoms with Gasteiger partial charge in [0.2, 0.25) is 0 Å². The van der Waals surface area contributed by atoms with Crippen molar-refractivity contribution in [2.75, 3.05) is 38.9 Å². The van der Waals surface area contributed by atoms with Crippen molar-refractivity contribution in [3.63, 3.8) is 0 Å². The van der Waals surface area contributed by atoms with Gasteiger partial charge in [0.05, 0.1) is 38.2 Å². The highest BCUT2D eigenvalue weighted by molar-refractivity contribution is 7.22. The maximum absolute atomic E-state index is 11.6. The van der Waals surface area contributed by atoms with E-state index in [9.17, 15) is 4.79 Å². The molecule has 0 radical (unpaired) electrons. The van der Waals surface area contributed by atoms with Crippen molar-refractivity contribution in [1.29, 1.82) is 0 Å². The molecule has 7 nitrogen and oxygen atoms in total. The van der Waals surface area contributed by atoms with E-state index in [1.165, 1.54) is 11.3 Å². The molecule has 1 aliphatic rings. The Morgan fingerprint density at radius 2 is 2.35 bits per heavy atom. The van der Waals surface area contributed by atoms with E-state index < -0.39 is 6.09 Å². The molecule has 1 N–H and O–H groups in total. The highest BCUT2D eigenvalue weighted by Gasteiger charge is 2.23. The van der Waals surface area contributed by atoms with E-state index in [-0.39, 0.29) is 6.10 Å². The second-order valence-electron chi connectivity index (χ2n) is 4.83. The molecule has 1 aromatic heterocycles. The summed E-state index contributed by atoms with van der Waals surface area (Å²) >= 11 is 1.36. The number of nitrogens with one attached hydrogen (secondary N) is 1. The molecule has 1 aromatic carbocycles. The van der Waals surface area contributed by atoms with Crippen LogP contribution in [0.4, 0.5) is 9.93 Å². The molecule has 2 aromatic rings. The molecule has 1 saturated heterocycles. The maximum atomic E-state index is 11.6. The maximum Gasteiger partial charge on any atom is 0.413 e. The number of rotatable bonds is 4. The van der Waals surface area contributed by atoms with Gasteiger partial charge >= 0.3 is 6.09 Å². The fourth-order valence-electron chi connectivity index (χ4n) is 2.40. The molecule has 0 spiro atoms. The number of anilines is 1. The fourth-order valence-corrected chi connectivity index (χ4v) is 3.42. The molecule has 1 unspecified atom stereocenters. The van der Waals surface area contributed by atoms with Gasteiger partial charge in [-0.3, -0.25) is 5.32 Å². The number of carbonyl (C=O) groups is 1. The summed E-state index contributed by atoms with van der Waals surface area (Å²) in [4.78, 5) is 16.0. The van der Waals surface area contributed by atoms with Crippen LogP contribution in [-0.2, 0) is 14.2 Å². The van der Waals surface area contributed by atoms with Crippen LogP contribution < -0.4 is 10.1 Å². The van der Waals surface area contributed by atoms with Gasteiger partial charge in [0.25, 0.3) is 0 Å². The average Bonchev–Trinajstić information content (AvgIpc) is 2.98. The number of aromatic nitrogens is 1. The molecule has 23 heavy (non-hydrogen) atoms. The van der Waals surface area contributed by atoms with Gasteiger partial charge in [-0.2, -0.15) is 0 Å². The summed E-state index contributed by atoms with van der Waals surface area (Å²) in [6, 6.07) is 3.80. The number of ether oxygens (including phenoxy) is 4. The quantitative estimate of drug-likeness (QED) is 0.923. The molecule has 1 aliphatic heterocycles. The summed E-state index contributed by atoms with van der Waals surface area (Å²) in [5.41, 5.74) is 1.67. The first-order chi connectivity index (χ1) is 11.2. The number of methoxy groups -OCH3 is 1. The van der Waals surface area contributed by atoms with Crippen LogP contribution in [0.2, 0.25) is 0 Å². The van der Waals surface area contributed by atoms with E-state index in [0.29, 0.717) is 42.8 Å². The zero-order valence-corrected chi connectivity index (χ0v) is 13.8. The van der Waals surface area contributed by atoms with Crippen LogP contribution in [0, 0.1) is 0 Å². The molecule has 1 fully saturated rings. The average molecular weight is 338 g/mol. The fraction of sp³-hybridized carbons (Fsp3) is 0.467. The Morgan fingerprint density at radius 3 is 3.04 bits per heavy atom. The summed E-state index contributed by atoms with van der Waals surface area (Å²) in [6.07, 6.45) is -0.669. The minimum absolute atomic E-state index is 0.145. The Morgan fingerprint density at radius 1 is 1.48 bits per heavy atom. The minimum atomic E-state index is -0.524. The minimum Gasteiger partial charge on any atom is -0.494 e. The van der Waals surface area contributed by atoms with E-state index >= 15 is 0 Å². The highest BCUT2D eigenvalue weighted by atomic mass is 32.1. The summed E-state index contributed by atoms with van der Waals surface area (Å²) < 4.78 is 22.4. The Labute approximate surface area is 137 Å². The standard InChI is InChI=1S/C15H18N2O5S/c1-3-21-15(18)17-14-16-12-10(19-2)5-4-9(13(12)23-14)11-8-20-6-7-22-11/h4-5,11H,3,6-8H2,1-2H3,(H,16,17,18). The van der Waals surface area contributed by atoms with Crippen molar-refractivity contribution < 1.29 is 23.7 Å². The molecule has 0 bridgehead atoms. The Hall–Kier alpha value is -1.90. The largest absolute Gasteiger partial charge is 0.494 e. The van der Waals surface area contributed by atoms with E-state index in [1.807, 2.05) is 12.1 Å². The second kappa shape index (κ2) is 7.12. The number of hydrogen-bond acceptors (Lipinski definition) is 7. The number of benzene rings is 1. The zero-order valence-electron chi connectivity index (χ0n) is 13.0. The Bertz CT molecular complexity index is 696. The number of amides is 1. The summed E-state index contributed by atoms with van der Waals surface area (Å²) in [6.45, 7) is 3.72. The second-order valence-corrected chi connectivity index (χ2v) is 5.83. The van der Waals surface area contributed by atoms with E-state index in [1.54, 1.807) is 14.0 Å². The highest BCUT2D eigenvalue weighted by Crippen LogP contribution is 2.38. The topological polar surface area (TPSA) is 78.9 Å². The van der Waals surface area contributed by atoms with Gasteiger partial charge in [-0.05, 0) is 13.0 Å². The molecule has 124 valence electrons. The van der Waals surface area contributed by atoms with Gasteiger partial charge < -0.3 is 18.9 Å². The third kappa shape index (κ3) is 3.39. The molecule has 2 heterocycles. The molecule has 8 heteroatoms. The van der Waals surface area contributed by atoms with Gasteiger partial charge in [-0.25, -0.2) is 9.78 Å². The van der Waals surface area contributed by atoms with Crippen LogP contribution in [0.1, 0.15) is 18.6 Å². The van der Waals surface area contributed by atoms with Crippen molar-refractivity contribution in [3.05, 3.63) is 17.7 Å². The Kier molecular flexibility index (Phi) is 4.94.